The smallest absolute Gasteiger partial charge is 0.00419 e. The Morgan fingerprint density at radius 2 is 1.80 bits per heavy atom. The monoisotopic (exact) mass is 205 g/mol. The van der Waals surface area contributed by atoms with Crippen LogP contribution < -0.4 is 5.32 Å². The van der Waals surface area contributed by atoms with Crippen LogP contribution in [-0.4, -0.2) is 0 Å². The normalized spacial score (nSPS) is 12.7. The van der Waals surface area contributed by atoms with E-state index in [0.717, 1.165) is 0 Å². The quantitative estimate of drug-likeness (QED) is 0.679. The van der Waals surface area contributed by atoms with Crippen molar-refractivity contribution in [2.45, 2.75) is 34.6 Å². The number of hydrogen-bond donors (Lipinski definition) is 1. The Labute approximate surface area is 94.3 Å². The van der Waals surface area contributed by atoms with E-state index in [1.807, 2.05) is 6.20 Å². The van der Waals surface area contributed by atoms with Crippen LogP contribution in [0.25, 0.3) is 0 Å². The lowest BCUT2D eigenvalue weighted by molar-refractivity contribution is 0.514. The highest BCUT2D eigenvalue weighted by Crippen LogP contribution is 2.25. The Balaban J connectivity index is 4.74. The van der Waals surface area contributed by atoms with Crippen LogP contribution in [0.5, 0.6) is 0 Å². The lowest BCUT2D eigenvalue weighted by atomic mass is 9.87. The maximum Gasteiger partial charge on any atom is 0.00419 e. The molecule has 1 heteroatoms. The fraction of sp³-hybridized carbons (Fsp3) is 0.429. The van der Waals surface area contributed by atoms with E-state index in [1.165, 1.54) is 11.1 Å². The van der Waals surface area contributed by atoms with Crippen molar-refractivity contribution >= 4 is 0 Å². The van der Waals surface area contributed by atoms with Crippen LogP contribution in [0.3, 0.4) is 0 Å². The standard InChI is InChI=1S/C14H23N/c1-7-15-11-13(14(4,5)6)10-8-9-12(2)3/h7-11,15H,1H2,2-6H3/b10-8-,13-11-. The lowest BCUT2D eigenvalue weighted by Crippen LogP contribution is -2.10. The molecule has 0 amide bonds. The highest BCUT2D eigenvalue weighted by atomic mass is 14.8. The van der Waals surface area contributed by atoms with Gasteiger partial charge < -0.3 is 5.32 Å². The van der Waals surface area contributed by atoms with E-state index >= 15 is 0 Å². The van der Waals surface area contributed by atoms with Gasteiger partial charge in [-0.1, -0.05) is 51.2 Å². The highest BCUT2D eigenvalue weighted by Gasteiger charge is 2.13. The van der Waals surface area contributed by atoms with Gasteiger partial charge in [0.15, 0.2) is 0 Å². The largest absolute Gasteiger partial charge is 0.368 e. The third kappa shape index (κ3) is 6.78. The minimum absolute atomic E-state index is 0.141. The molecule has 1 nitrogen and oxygen atoms in total. The second kappa shape index (κ2) is 6.28. The van der Waals surface area contributed by atoms with E-state index in [-0.39, 0.29) is 5.41 Å². The molecule has 0 bridgehead atoms. The van der Waals surface area contributed by atoms with E-state index in [1.54, 1.807) is 6.20 Å². The summed E-state index contributed by atoms with van der Waals surface area (Å²) in [5.74, 6) is 0. The number of nitrogens with one attached hydrogen (secondary N) is 1. The molecule has 0 spiro atoms. The van der Waals surface area contributed by atoms with E-state index in [4.69, 9.17) is 0 Å². The predicted octanol–water partition coefficient (Wildman–Crippen LogP) is 4.17. The van der Waals surface area contributed by atoms with Crippen molar-refractivity contribution in [1.29, 1.82) is 0 Å². The molecule has 0 fully saturated rings. The Hall–Kier alpha value is -1.24. The Morgan fingerprint density at radius 3 is 2.20 bits per heavy atom. The van der Waals surface area contributed by atoms with Gasteiger partial charge in [-0.05, 0) is 31.0 Å². The maximum absolute atomic E-state index is 3.63. The number of hydrogen-bond acceptors (Lipinski definition) is 1. The summed E-state index contributed by atoms with van der Waals surface area (Å²) in [5.41, 5.74) is 2.69. The molecule has 0 atom stereocenters. The summed E-state index contributed by atoms with van der Waals surface area (Å²) in [4.78, 5) is 0. The zero-order valence-corrected chi connectivity index (χ0v) is 10.6. The van der Waals surface area contributed by atoms with Crippen molar-refractivity contribution in [3.05, 3.63) is 48.4 Å². The first-order valence-corrected chi connectivity index (χ1v) is 5.27. The SMILES string of the molecule is C=CN/C=C(/C=C\C=C(C)C)C(C)(C)C. The van der Waals surface area contributed by atoms with Crippen LogP contribution in [0.15, 0.2) is 48.4 Å². The van der Waals surface area contributed by atoms with E-state index in [0.29, 0.717) is 0 Å². The highest BCUT2D eigenvalue weighted by molar-refractivity contribution is 5.27. The predicted molar refractivity (Wildman–Crippen MR) is 69.4 cm³/mol. The third-order valence-electron chi connectivity index (χ3n) is 1.93. The molecule has 0 rings (SSSR count). The van der Waals surface area contributed by atoms with Crippen LogP contribution >= 0.6 is 0 Å². The zero-order chi connectivity index (χ0) is 11.9. The van der Waals surface area contributed by atoms with Crippen LogP contribution in [-0.2, 0) is 0 Å². The number of allylic oxidation sites excluding steroid dienone is 5. The molecule has 0 aromatic heterocycles. The minimum Gasteiger partial charge on any atom is -0.368 e. The number of rotatable bonds is 4. The lowest BCUT2D eigenvalue weighted by Gasteiger charge is -2.20. The van der Waals surface area contributed by atoms with E-state index < -0.39 is 0 Å². The second-order valence-electron chi connectivity index (χ2n) is 4.82. The first kappa shape index (κ1) is 13.8. The summed E-state index contributed by atoms with van der Waals surface area (Å²) in [7, 11) is 0. The van der Waals surface area contributed by atoms with Gasteiger partial charge in [0.2, 0.25) is 0 Å². The fourth-order valence-electron chi connectivity index (χ4n) is 1.01. The molecule has 0 heterocycles. The molecular formula is C14H23N. The molecule has 0 radical (unpaired) electrons. The molecule has 1 N–H and O–H groups in total. The minimum atomic E-state index is 0.141. The van der Waals surface area contributed by atoms with Gasteiger partial charge in [-0.3, -0.25) is 0 Å². The van der Waals surface area contributed by atoms with Gasteiger partial charge in [0.25, 0.3) is 0 Å². The Kier molecular flexibility index (Phi) is 5.76. The molecule has 0 saturated heterocycles. The van der Waals surface area contributed by atoms with Gasteiger partial charge in [0, 0.05) is 6.20 Å². The van der Waals surface area contributed by atoms with Gasteiger partial charge in [0.05, 0.1) is 0 Å². The molecule has 0 unspecified atom stereocenters. The van der Waals surface area contributed by atoms with Crippen molar-refractivity contribution in [3.63, 3.8) is 0 Å². The van der Waals surface area contributed by atoms with Crippen LogP contribution in [0.4, 0.5) is 0 Å². The molecule has 0 aliphatic heterocycles. The second-order valence-corrected chi connectivity index (χ2v) is 4.82. The van der Waals surface area contributed by atoms with Gasteiger partial charge in [0.1, 0.15) is 0 Å². The molecule has 84 valence electrons. The summed E-state index contributed by atoms with van der Waals surface area (Å²) in [6.45, 7) is 14.4. The van der Waals surface area contributed by atoms with Crippen LogP contribution in [0.2, 0.25) is 0 Å². The van der Waals surface area contributed by atoms with Gasteiger partial charge in [-0.2, -0.15) is 0 Å². The summed E-state index contributed by atoms with van der Waals surface area (Å²) >= 11 is 0. The topological polar surface area (TPSA) is 12.0 Å². The summed E-state index contributed by atoms with van der Waals surface area (Å²) < 4.78 is 0. The zero-order valence-electron chi connectivity index (χ0n) is 10.6. The molecular weight excluding hydrogens is 182 g/mol. The molecule has 0 aliphatic carbocycles. The Morgan fingerprint density at radius 1 is 1.20 bits per heavy atom. The summed E-state index contributed by atoms with van der Waals surface area (Å²) in [5, 5.41) is 3.02. The first-order chi connectivity index (χ1) is 6.88. The third-order valence-corrected chi connectivity index (χ3v) is 1.93. The van der Waals surface area contributed by atoms with Crippen molar-refractivity contribution in [1.82, 2.24) is 5.32 Å². The molecule has 15 heavy (non-hydrogen) atoms. The van der Waals surface area contributed by atoms with Gasteiger partial charge in [-0.15, -0.1) is 0 Å². The average molecular weight is 205 g/mol. The van der Waals surface area contributed by atoms with Gasteiger partial charge in [-0.25, -0.2) is 0 Å². The van der Waals surface area contributed by atoms with Crippen LogP contribution in [0, 0.1) is 5.41 Å². The van der Waals surface area contributed by atoms with Crippen molar-refractivity contribution in [3.8, 4) is 0 Å². The van der Waals surface area contributed by atoms with E-state index in [9.17, 15) is 0 Å². The van der Waals surface area contributed by atoms with Crippen LogP contribution in [0.1, 0.15) is 34.6 Å². The molecule has 0 aliphatic rings. The van der Waals surface area contributed by atoms with Crippen molar-refractivity contribution in [2.24, 2.45) is 5.41 Å². The molecule has 0 aromatic carbocycles. The first-order valence-electron chi connectivity index (χ1n) is 5.27. The average Bonchev–Trinajstić information content (AvgIpc) is 2.08. The van der Waals surface area contributed by atoms with Crippen molar-refractivity contribution < 1.29 is 0 Å². The fourth-order valence-corrected chi connectivity index (χ4v) is 1.01. The molecule has 0 aromatic rings. The Bertz CT molecular complexity index is 281. The summed E-state index contributed by atoms with van der Waals surface area (Å²) in [6.07, 6.45) is 9.98. The maximum atomic E-state index is 3.63. The van der Waals surface area contributed by atoms with Gasteiger partial charge >= 0.3 is 0 Å². The van der Waals surface area contributed by atoms with Crippen molar-refractivity contribution in [2.75, 3.05) is 0 Å². The molecule has 0 saturated carbocycles. The summed E-state index contributed by atoms with van der Waals surface area (Å²) in [6, 6.07) is 0. The van der Waals surface area contributed by atoms with E-state index in [2.05, 4.69) is 64.7 Å².